The van der Waals surface area contributed by atoms with E-state index in [4.69, 9.17) is 0 Å². The number of carbonyl (C=O) groups is 2. The topological polar surface area (TPSA) is 74.6 Å². The molecule has 0 heterocycles. The molecule has 0 aliphatic heterocycles. The van der Waals surface area contributed by atoms with E-state index in [2.05, 4.69) is 13.0 Å². The zero-order valence-electron chi connectivity index (χ0n) is 20.7. The van der Waals surface area contributed by atoms with Crippen molar-refractivity contribution >= 4 is 11.6 Å². The first kappa shape index (κ1) is 24.1. The molecule has 0 aromatic carbocycles. The highest BCUT2D eigenvalue weighted by Gasteiger charge is 2.68. The van der Waals surface area contributed by atoms with Gasteiger partial charge in [-0.3, -0.25) is 9.59 Å². The molecule has 0 amide bonds. The number of fused-ring (bicyclic) bond motifs is 5. The Hall–Kier alpha value is -1.59. The Bertz CT molecular complexity index is 981. The van der Waals surface area contributed by atoms with Crippen LogP contribution >= 0.6 is 0 Å². The number of hydrogen-bond acceptors (Lipinski definition) is 4. The highest BCUT2D eigenvalue weighted by molar-refractivity contribution is 6.11. The van der Waals surface area contributed by atoms with Crippen molar-refractivity contribution in [3.63, 3.8) is 0 Å². The second kappa shape index (κ2) is 8.23. The summed E-state index contributed by atoms with van der Waals surface area (Å²) in [4.78, 5) is 26.4. The minimum absolute atomic E-state index is 0.00298. The average molecular weight is 471 g/mol. The van der Waals surface area contributed by atoms with E-state index in [1.54, 1.807) is 6.08 Å². The molecule has 0 spiro atoms. The SMILES string of the molecule is C[C@H]1CC2C3C[C@H](F)[C@H]4C[C@@H](O)CC[C@]4(C)C3=CC[C@]2(C)[C@@]1(O)C(=O)CC(=O)C1=CCCC=C1. The lowest BCUT2D eigenvalue weighted by atomic mass is 9.47. The van der Waals surface area contributed by atoms with Crippen LogP contribution in [0.2, 0.25) is 0 Å². The molecule has 34 heavy (non-hydrogen) atoms. The fourth-order valence-electron chi connectivity index (χ4n) is 8.64. The highest BCUT2D eigenvalue weighted by Crippen LogP contribution is 2.68. The Morgan fingerprint density at radius 2 is 1.88 bits per heavy atom. The van der Waals surface area contributed by atoms with Crippen molar-refractivity contribution in [3.05, 3.63) is 35.5 Å². The number of Topliss-reactive ketones (excluding diaryl/α,β-unsaturated/α-hetero) is 2. The maximum atomic E-state index is 15.6. The van der Waals surface area contributed by atoms with E-state index < -0.39 is 23.3 Å². The molecule has 4 nitrogen and oxygen atoms in total. The molecule has 0 aromatic rings. The normalized spacial score (nSPS) is 47.7. The van der Waals surface area contributed by atoms with Crippen LogP contribution in [0.4, 0.5) is 4.39 Å². The van der Waals surface area contributed by atoms with E-state index in [1.165, 1.54) is 5.57 Å². The number of carbonyl (C=O) groups excluding carboxylic acids is 2. The maximum absolute atomic E-state index is 15.6. The number of ketones is 2. The van der Waals surface area contributed by atoms with Crippen LogP contribution in [-0.4, -0.2) is 39.7 Å². The van der Waals surface area contributed by atoms with Gasteiger partial charge in [-0.05, 0) is 74.5 Å². The Kier molecular flexibility index (Phi) is 5.84. The summed E-state index contributed by atoms with van der Waals surface area (Å²) < 4.78 is 15.6. The van der Waals surface area contributed by atoms with Crippen LogP contribution in [0.15, 0.2) is 35.5 Å². The molecule has 2 N–H and O–H groups in total. The predicted octanol–water partition coefficient (Wildman–Crippen LogP) is 5.04. The second-order valence-electron chi connectivity index (χ2n) is 12.3. The fraction of sp³-hybridized carbons (Fsp3) is 0.724. The third-order valence-electron chi connectivity index (χ3n) is 10.6. The van der Waals surface area contributed by atoms with Gasteiger partial charge in [0.1, 0.15) is 11.8 Å². The lowest BCUT2D eigenvalue weighted by Gasteiger charge is -2.58. The summed E-state index contributed by atoms with van der Waals surface area (Å²) in [6.45, 7) is 6.07. The summed E-state index contributed by atoms with van der Waals surface area (Å²) in [5, 5.41) is 22.2. The van der Waals surface area contributed by atoms with Gasteiger partial charge in [0.25, 0.3) is 0 Å². The Morgan fingerprint density at radius 3 is 2.59 bits per heavy atom. The molecule has 186 valence electrons. The quantitative estimate of drug-likeness (QED) is 0.446. The van der Waals surface area contributed by atoms with Crippen molar-refractivity contribution in [3.8, 4) is 0 Å². The number of rotatable bonds is 4. The first-order chi connectivity index (χ1) is 16.0. The van der Waals surface area contributed by atoms with Crippen LogP contribution in [-0.2, 0) is 9.59 Å². The van der Waals surface area contributed by atoms with Gasteiger partial charge in [0.15, 0.2) is 11.6 Å². The van der Waals surface area contributed by atoms with Crippen LogP contribution in [0.1, 0.15) is 78.6 Å². The van der Waals surface area contributed by atoms with E-state index in [9.17, 15) is 19.8 Å². The van der Waals surface area contributed by atoms with Gasteiger partial charge >= 0.3 is 0 Å². The van der Waals surface area contributed by atoms with E-state index in [0.717, 1.165) is 19.3 Å². The molecule has 5 aliphatic rings. The van der Waals surface area contributed by atoms with Crippen LogP contribution in [0.25, 0.3) is 0 Å². The lowest BCUT2D eigenvalue weighted by molar-refractivity contribution is -0.160. The van der Waals surface area contributed by atoms with Gasteiger partial charge in [0.2, 0.25) is 0 Å². The van der Waals surface area contributed by atoms with Crippen LogP contribution in [0.5, 0.6) is 0 Å². The van der Waals surface area contributed by atoms with E-state index in [1.807, 2.05) is 26.0 Å². The summed E-state index contributed by atoms with van der Waals surface area (Å²) in [7, 11) is 0. The van der Waals surface area contributed by atoms with Gasteiger partial charge < -0.3 is 10.2 Å². The molecule has 0 saturated heterocycles. The van der Waals surface area contributed by atoms with Gasteiger partial charge in [-0.25, -0.2) is 4.39 Å². The first-order valence-electron chi connectivity index (χ1n) is 13.2. The van der Waals surface area contributed by atoms with E-state index in [-0.39, 0.29) is 47.1 Å². The number of aliphatic hydroxyl groups is 2. The molecule has 2 unspecified atom stereocenters. The van der Waals surface area contributed by atoms with Crippen molar-refractivity contribution in [1.29, 1.82) is 0 Å². The second-order valence-corrected chi connectivity index (χ2v) is 12.3. The molecular formula is C29H39FO4. The van der Waals surface area contributed by atoms with Crippen molar-refractivity contribution in [1.82, 2.24) is 0 Å². The molecular weight excluding hydrogens is 431 g/mol. The van der Waals surface area contributed by atoms with Gasteiger partial charge in [0, 0.05) is 16.9 Å². The molecule has 3 fully saturated rings. The number of alkyl halides is 1. The summed E-state index contributed by atoms with van der Waals surface area (Å²) >= 11 is 0. The molecule has 3 saturated carbocycles. The molecule has 5 aliphatic carbocycles. The molecule has 5 heteroatoms. The molecule has 0 bridgehead atoms. The molecule has 5 rings (SSSR count). The predicted molar refractivity (Wildman–Crippen MR) is 129 cm³/mol. The van der Waals surface area contributed by atoms with E-state index in [0.29, 0.717) is 37.7 Å². The Morgan fingerprint density at radius 1 is 1.12 bits per heavy atom. The summed E-state index contributed by atoms with van der Waals surface area (Å²) in [6.07, 6.45) is 11.4. The van der Waals surface area contributed by atoms with Gasteiger partial charge in [-0.2, -0.15) is 0 Å². The minimum Gasteiger partial charge on any atom is -0.393 e. The zero-order valence-corrected chi connectivity index (χ0v) is 20.7. The standard InChI is InChI=1S/C29H39FO4/c1-17-13-22-20-15-24(30)23-14-19(31)9-11-27(23,2)21(20)10-12-28(22,3)29(17,34)26(33)16-25(32)18-7-5-4-6-8-18/h5,7-8,10,17,19-20,22-24,31,34H,4,6,9,11-16H2,1-3H3/t17-,19-,20?,22?,23+,24-,27+,28-,29-/m0/s1. The summed E-state index contributed by atoms with van der Waals surface area (Å²) in [5.41, 5.74) is -0.732. The van der Waals surface area contributed by atoms with Crippen molar-refractivity contribution < 1.29 is 24.2 Å². The summed E-state index contributed by atoms with van der Waals surface area (Å²) in [6, 6.07) is 0. The molecule has 0 aromatic heterocycles. The monoisotopic (exact) mass is 470 g/mol. The van der Waals surface area contributed by atoms with Crippen molar-refractivity contribution in [2.45, 2.75) is 96.4 Å². The van der Waals surface area contributed by atoms with Gasteiger partial charge in [-0.1, -0.05) is 50.6 Å². The smallest absolute Gasteiger partial charge is 0.172 e. The lowest BCUT2D eigenvalue weighted by Crippen LogP contribution is -2.58. The Labute approximate surface area is 202 Å². The van der Waals surface area contributed by atoms with E-state index >= 15 is 4.39 Å². The Balaban J connectivity index is 1.45. The summed E-state index contributed by atoms with van der Waals surface area (Å²) in [5.74, 6) is -1.07. The van der Waals surface area contributed by atoms with Crippen LogP contribution in [0, 0.1) is 34.5 Å². The number of hydrogen-bond donors (Lipinski definition) is 2. The zero-order chi connectivity index (χ0) is 24.5. The third kappa shape index (κ3) is 3.29. The fourth-order valence-corrected chi connectivity index (χ4v) is 8.64. The molecule has 9 atom stereocenters. The van der Waals surface area contributed by atoms with Crippen LogP contribution < -0.4 is 0 Å². The first-order valence-corrected chi connectivity index (χ1v) is 13.2. The van der Waals surface area contributed by atoms with Crippen LogP contribution in [0.3, 0.4) is 0 Å². The number of aliphatic hydroxyl groups excluding tert-OH is 1. The number of allylic oxidation sites excluding steroid dienone is 6. The number of halogens is 1. The molecule has 0 radical (unpaired) electrons. The maximum Gasteiger partial charge on any atom is 0.172 e. The van der Waals surface area contributed by atoms with Gasteiger partial charge in [0.05, 0.1) is 12.5 Å². The highest BCUT2D eigenvalue weighted by atomic mass is 19.1. The van der Waals surface area contributed by atoms with Gasteiger partial charge in [-0.15, -0.1) is 0 Å². The minimum atomic E-state index is -1.60. The largest absolute Gasteiger partial charge is 0.393 e. The van der Waals surface area contributed by atoms with Crippen molar-refractivity contribution in [2.24, 2.45) is 34.5 Å². The third-order valence-corrected chi connectivity index (χ3v) is 10.6. The van der Waals surface area contributed by atoms with Crippen molar-refractivity contribution in [2.75, 3.05) is 0 Å². The average Bonchev–Trinajstić information content (AvgIpc) is 3.02.